The third kappa shape index (κ3) is 5.87. The molecule has 0 bridgehead atoms. The maximum Gasteiger partial charge on any atom is 0.253 e. The van der Waals surface area contributed by atoms with Crippen LogP contribution in [0, 0.1) is 0 Å². The summed E-state index contributed by atoms with van der Waals surface area (Å²) in [7, 11) is 0. The molecule has 1 saturated carbocycles. The number of amides is 2. The molecule has 0 spiro atoms. The second kappa shape index (κ2) is 10.2. The van der Waals surface area contributed by atoms with E-state index < -0.39 is 0 Å². The van der Waals surface area contributed by atoms with Crippen molar-refractivity contribution in [2.24, 2.45) is 0 Å². The molecule has 2 rings (SSSR count). The lowest BCUT2D eigenvalue weighted by Crippen LogP contribution is -2.35. The van der Waals surface area contributed by atoms with E-state index in [2.05, 4.69) is 19.2 Å². The van der Waals surface area contributed by atoms with Crippen molar-refractivity contribution in [1.29, 1.82) is 0 Å². The molecule has 1 N–H and O–H groups in total. The van der Waals surface area contributed by atoms with E-state index in [4.69, 9.17) is 0 Å². The van der Waals surface area contributed by atoms with Crippen molar-refractivity contribution >= 4 is 11.8 Å². The van der Waals surface area contributed by atoms with Crippen molar-refractivity contribution in [3.05, 3.63) is 35.4 Å². The second-order valence-electron chi connectivity index (χ2n) is 7.03. The molecular weight excluding hydrogens is 312 g/mol. The van der Waals surface area contributed by atoms with Crippen LogP contribution in [0.3, 0.4) is 0 Å². The summed E-state index contributed by atoms with van der Waals surface area (Å²) in [5, 5.41) is 3.16. The molecule has 1 aliphatic carbocycles. The Labute approximate surface area is 152 Å². The Morgan fingerprint density at radius 2 is 1.60 bits per heavy atom. The van der Waals surface area contributed by atoms with Gasteiger partial charge in [0.05, 0.1) is 0 Å². The van der Waals surface area contributed by atoms with Crippen LogP contribution < -0.4 is 5.32 Å². The lowest BCUT2D eigenvalue weighted by Gasteiger charge is -2.22. The summed E-state index contributed by atoms with van der Waals surface area (Å²) in [6.45, 7) is 5.66. The third-order valence-electron chi connectivity index (χ3n) is 4.84. The first-order valence-electron chi connectivity index (χ1n) is 9.86. The number of benzene rings is 1. The maximum absolute atomic E-state index is 12.7. The number of carbonyl (C=O) groups excluding carboxylic acids is 2. The fourth-order valence-corrected chi connectivity index (χ4v) is 3.52. The highest BCUT2D eigenvalue weighted by Gasteiger charge is 2.18. The average molecular weight is 344 g/mol. The van der Waals surface area contributed by atoms with Crippen LogP contribution in [0.5, 0.6) is 0 Å². The van der Waals surface area contributed by atoms with Gasteiger partial charge in [-0.05, 0) is 43.9 Å². The SMILES string of the molecule is CCCN(CCC)C(=O)c1cccc(C(=O)NC2CCCCCC2)c1. The molecule has 4 heteroatoms. The van der Waals surface area contributed by atoms with Crippen LogP contribution in [0.25, 0.3) is 0 Å². The van der Waals surface area contributed by atoms with Crippen LogP contribution in [-0.4, -0.2) is 35.8 Å². The summed E-state index contributed by atoms with van der Waals surface area (Å²) in [6.07, 6.45) is 8.90. The van der Waals surface area contributed by atoms with E-state index in [-0.39, 0.29) is 17.9 Å². The Morgan fingerprint density at radius 1 is 1.00 bits per heavy atom. The summed E-state index contributed by atoms with van der Waals surface area (Å²) in [6, 6.07) is 7.43. The standard InChI is InChI=1S/C21H32N2O2/c1-3-14-23(15-4-2)21(25)18-11-9-10-17(16-18)20(24)22-19-12-7-5-6-8-13-19/h9-11,16,19H,3-8,12-15H2,1-2H3,(H,22,24). The van der Waals surface area contributed by atoms with Gasteiger partial charge in [0.25, 0.3) is 11.8 Å². The Hall–Kier alpha value is -1.84. The van der Waals surface area contributed by atoms with Crippen molar-refractivity contribution in [1.82, 2.24) is 10.2 Å². The Bertz CT molecular complexity index is 557. The highest BCUT2D eigenvalue weighted by atomic mass is 16.2. The van der Waals surface area contributed by atoms with Gasteiger partial charge in [-0.15, -0.1) is 0 Å². The Balaban J connectivity index is 2.06. The monoisotopic (exact) mass is 344 g/mol. The van der Waals surface area contributed by atoms with E-state index in [0.717, 1.165) is 38.8 Å². The molecule has 0 saturated heterocycles. The Kier molecular flexibility index (Phi) is 7.96. The van der Waals surface area contributed by atoms with Gasteiger partial charge in [0, 0.05) is 30.3 Å². The first-order chi connectivity index (χ1) is 12.2. The fourth-order valence-electron chi connectivity index (χ4n) is 3.52. The average Bonchev–Trinajstić information content (AvgIpc) is 2.89. The second-order valence-corrected chi connectivity index (χ2v) is 7.03. The Morgan fingerprint density at radius 3 is 2.20 bits per heavy atom. The molecular formula is C21H32N2O2. The predicted octanol–water partition coefficient (Wildman–Crippen LogP) is 4.40. The summed E-state index contributed by atoms with van der Waals surface area (Å²) in [5.74, 6) is -0.0353. The first-order valence-corrected chi connectivity index (χ1v) is 9.86. The first kappa shape index (κ1) is 19.5. The zero-order valence-electron chi connectivity index (χ0n) is 15.7. The van der Waals surface area contributed by atoms with Gasteiger partial charge in [0.1, 0.15) is 0 Å². The molecule has 138 valence electrons. The zero-order valence-corrected chi connectivity index (χ0v) is 15.7. The minimum absolute atomic E-state index is 0.0211. The van der Waals surface area contributed by atoms with E-state index in [0.29, 0.717) is 11.1 Å². The van der Waals surface area contributed by atoms with Crippen LogP contribution in [-0.2, 0) is 0 Å². The maximum atomic E-state index is 12.7. The van der Waals surface area contributed by atoms with Gasteiger partial charge in [-0.25, -0.2) is 0 Å². The van der Waals surface area contributed by atoms with E-state index >= 15 is 0 Å². The third-order valence-corrected chi connectivity index (χ3v) is 4.84. The number of hydrogen-bond donors (Lipinski definition) is 1. The van der Waals surface area contributed by atoms with E-state index in [1.54, 1.807) is 12.1 Å². The minimum Gasteiger partial charge on any atom is -0.349 e. The number of hydrogen-bond acceptors (Lipinski definition) is 2. The quantitative estimate of drug-likeness (QED) is 0.745. The molecule has 1 aliphatic rings. The van der Waals surface area contributed by atoms with E-state index in [1.165, 1.54) is 25.7 Å². The summed E-state index contributed by atoms with van der Waals surface area (Å²) in [5.41, 5.74) is 1.19. The lowest BCUT2D eigenvalue weighted by molar-refractivity contribution is 0.0755. The van der Waals surface area contributed by atoms with Gasteiger partial charge < -0.3 is 10.2 Å². The molecule has 1 fully saturated rings. The molecule has 2 amide bonds. The smallest absolute Gasteiger partial charge is 0.253 e. The van der Waals surface area contributed by atoms with Crippen molar-refractivity contribution in [2.75, 3.05) is 13.1 Å². The molecule has 0 aromatic heterocycles. The van der Waals surface area contributed by atoms with E-state index in [1.807, 2.05) is 17.0 Å². The molecule has 1 aromatic carbocycles. The number of rotatable bonds is 7. The summed E-state index contributed by atoms with van der Waals surface area (Å²) < 4.78 is 0. The van der Waals surface area contributed by atoms with Gasteiger partial charge >= 0.3 is 0 Å². The number of nitrogens with one attached hydrogen (secondary N) is 1. The molecule has 0 heterocycles. The summed E-state index contributed by atoms with van der Waals surface area (Å²) >= 11 is 0. The van der Waals surface area contributed by atoms with Crippen molar-refractivity contribution in [3.8, 4) is 0 Å². The molecule has 0 atom stereocenters. The molecule has 1 aromatic rings. The van der Waals surface area contributed by atoms with Crippen LogP contribution in [0.4, 0.5) is 0 Å². The molecule has 0 radical (unpaired) electrons. The number of carbonyl (C=O) groups is 2. The van der Waals surface area contributed by atoms with Gasteiger partial charge in [-0.2, -0.15) is 0 Å². The highest BCUT2D eigenvalue weighted by Crippen LogP contribution is 2.18. The molecule has 0 unspecified atom stereocenters. The topological polar surface area (TPSA) is 49.4 Å². The molecule has 25 heavy (non-hydrogen) atoms. The predicted molar refractivity (Wildman–Crippen MR) is 102 cm³/mol. The van der Waals surface area contributed by atoms with Gasteiger partial charge in [-0.1, -0.05) is 45.6 Å². The summed E-state index contributed by atoms with van der Waals surface area (Å²) in [4.78, 5) is 27.2. The van der Waals surface area contributed by atoms with Crippen LogP contribution in [0.15, 0.2) is 24.3 Å². The van der Waals surface area contributed by atoms with Crippen LogP contribution in [0.2, 0.25) is 0 Å². The van der Waals surface area contributed by atoms with E-state index in [9.17, 15) is 9.59 Å². The minimum atomic E-state index is -0.0564. The van der Waals surface area contributed by atoms with Gasteiger partial charge in [-0.3, -0.25) is 9.59 Å². The molecule has 4 nitrogen and oxygen atoms in total. The highest BCUT2D eigenvalue weighted by molar-refractivity contribution is 5.99. The van der Waals surface area contributed by atoms with Gasteiger partial charge in [0.15, 0.2) is 0 Å². The van der Waals surface area contributed by atoms with Crippen LogP contribution in [0.1, 0.15) is 85.9 Å². The lowest BCUT2D eigenvalue weighted by atomic mass is 10.1. The van der Waals surface area contributed by atoms with Crippen molar-refractivity contribution in [2.45, 2.75) is 71.3 Å². The van der Waals surface area contributed by atoms with Crippen molar-refractivity contribution in [3.63, 3.8) is 0 Å². The zero-order chi connectivity index (χ0) is 18.1. The fraction of sp³-hybridized carbons (Fsp3) is 0.619. The van der Waals surface area contributed by atoms with Crippen molar-refractivity contribution < 1.29 is 9.59 Å². The van der Waals surface area contributed by atoms with Gasteiger partial charge in [0.2, 0.25) is 0 Å². The normalized spacial score (nSPS) is 15.4. The molecule has 0 aliphatic heterocycles. The number of nitrogens with zero attached hydrogens (tertiary/aromatic N) is 1. The van der Waals surface area contributed by atoms with Crippen LogP contribution >= 0.6 is 0 Å². The largest absolute Gasteiger partial charge is 0.349 e.